The lowest BCUT2D eigenvalue weighted by Gasteiger charge is -2.29. The Morgan fingerprint density at radius 3 is 2.41 bits per heavy atom. The Morgan fingerprint density at radius 1 is 1.09 bits per heavy atom. The van der Waals surface area contributed by atoms with Crippen LogP contribution in [-0.4, -0.2) is 35.4 Å². The molecule has 0 aliphatic heterocycles. The Balaban J connectivity index is 1.69. The first-order valence-corrected chi connectivity index (χ1v) is 11.8. The number of nitrogens with zero attached hydrogens (tertiary/aromatic N) is 1. The number of hydrogen-bond donors (Lipinski definition) is 1. The maximum atomic E-state index is 13.2. The number of rotatable bonds is 9. The van der Waals surface area contributed by atoms with Gasteiger partial charge >= 0.3 is 0 Å². The molecule has 1 atom stereocenters. The molecular weight excluding hydrogens is 424 g/mol. The summed E-state index contributed by atoms with van der Waals surface area (Å²) in [4.78, 5) is 27.6. The second-order valence-corrected chi connectivity index (χ2v) is 9.27. The number of ether oxygens (including phenoxy) is 1. The van der Waals surface area contributed by atoms with Gasteiger partial charge in [0.15, 0.2) is 6.61 Å². The Hall–Kier alpha value is -2.53. The zero-order valence-electron chi connectivity index (χ0n) is 19.1. The van der Waals surface area contributed by atoms with Gasteiger partial charge in [-0.1, -0.05) is 62.6 Å². The van der Waals surface area contributed by atoms with E-state index in [2.05, 4.69) is 19.2 Å². The molecule has 0 radical (unpaired) electrons. The molecule has 5 nitrogen and oxygen atoms in total. The van der Waals surface area contributed by atoms with Crippen LogP contribution in [0.1, 0.15) is 63.5 Å². The van der Waals surface area contributed by atoms with Crippen molar-refractivity contribution in [2.45, 2.75) is 71.0 Å². The van der Waals surface area contributed by atoms with E-state index < -0.39 is 6.04 Å². The molecular formula is C26H33ClN2O3. The summed E-state index contributed by atoms with van der Waals surface area (Å²) < 4.78 is 5.76. The summed E-state index contributed by atoms with van der Waals surface area (Å²) >= 11 is 6.13. The van der Waals surface area contributed by atoms with Crippen LogP contribution < -0.4 is 10.1 Å². The van der Waals surface area contributed by atoms with Crippen LogP contribution in [0.25, 0.3) is 0 Å². The summed E-state index contributed by atoms with van der Waals surface area (Å²) in [5, 5.41) is 3.70. The molecule has 0 heterocycles. The standard InChI is InChI=1S/C26H33ClN2O3/c1-18(2)21-11-13-24(14-12-21)32-17-25(30)29(16-20-7-6-8-22(27)15-20)19(3)26(31)28-23-9-4-5-10-23/h6-8,11-15,18-19,23H,4-5,9-10,16-17H2,1-3H3,(H,28,31). The fourth-order valence-electron chi connectivity index (χ4n) is 3.98. The predicted molar refractivity (Wildman–Crippen MR) is 128 cm³/mol. The summed E-state index contributed by atoms with van der Waals surface area (Å²) in [7, 11) is 0. The van der Waals surface area contributed by atoms with Crippen LogP contribution in [0.4, 0.5) is 0 Å². The average Bonchev–Trinajstić information content (AvgIpc) is 3.28. The first kappa shape index (κ1) is 24.1. The van der Waals surface area contributed by atoms with Gasteiger partial charge in [-0.05, 0) is 61.1 Å². The van der Waals surface area contributed by atoms with E-state index in [1.807, 2.05) is 42.5 Å². The zero-order chi connectivity index (χ0) is 23.1. The third kappa shape index (κ3) is 6.73. The topological polar surface area (TPSA) is 58.6 Å². The molecule has 1 aliphatic carbocycles. The van der Waals surface area contributed by atoms with Crippen molar-refractivity contribution >= 4 is 23.4 Å². The highest BCUT2D eigenvalue weighted by atomic mass is 35.5. The zero-order valence-corrected chi connectivity index (χ0v) is 19.9. The fourth-order valence-corrected chi connectivity index (χ4v) is 4.20. The molecule has 1 saturated carbocycles. The summed E-state index contributed by atoms with van der Waals surface area (Å²) in [5.74, 6) is 0.687. The highest BCUT2D eigenvalue weighted by Crippen LogP contribution is 2.21. The van der Waals surface area contributed by atoms with Gasteiger partial charge in [0.2, 0.25) is 5.91 Å². The van der Waals surface area contributed by atoms with Gasteiger partial charge in [-0.25, -0.2) is 0 Å². The third-order valence-corrected chi connectivity index (χ3v) is 6.25. The first-order valence-electron chi connectivity index (χ1n) is 11.4. The summed E-state index contributed by atoms with van der Waals surface area (Å²) in [6.07, 6.45) is 4.26. The van der Waals surface area contributed by atoms with Crippen LogP contribution in [0.5, 0.6) is 5.75 Å². The number of benzene rings is 2. The van der Waals surface area contributed by atoms with Gasteiger partial charge in [0.1, 0.15) is 11.8 Å². The van der Waals surface area contributed by atoms with Gasteiger partial charge in [0.05, 0.1) is 0 Å². The van der Waals surface area contributed by atoms with Crippen molar-refractivity contribution in [3.05, 3.63) is 64.7 Å². The minimum absolute atomic E-state index is 0.131. The van der Waals surface area contributed by atoms with Crippen LogP contribution in [-0.2, 0) is 16.1 Å². The Labute approximate surface area is 196 Å². The van der Waals surface area contributed by atoms with Crippen molar-refractivity contribution in [3.63, 3.8) is 0 Å². The lowest BCUT2D eigenvalue weighted by atomic mass is 10.0. The van der Waals surface area contributed by atoms with Crippen LogP contribution in [0.3, 0.4) is 0 Å². The van der Waals surface area contributed by atoms with Gasteiger partial charge in [-0.2, -0.15) is 0 Å². The maximum Gasteiger partial charge on any atom is 0.261 e. The lowest BCUT2D eigenvalue weighted by Crippen LogP contribution is -2.50. The average molecular weight is 457 g/mol. The molecule has 1 N–H and O–H groups in total. The number of carbonyl (C=O) groups excluding carboxylic acids is 2. The number of nitrogens with one attached hydrogen (secondary N) is 1. The number of hydrogen-bond acceptors (Lipinski definition) is 3. The van der Waals surface area contributed by atoms with Crippen molar-refractivity contribution < 1.29 is 14.3 Å². The maximum absolute atomic E-state index is 13.2. The van der Waals surface area contributed by atoms with Crippen molar-refractivity contribution in [2.24, 2.45) is 0 Å². The van der Waals surface area contributed by atoms with Crippen molar-refractivity contribution in [2.75, 3.05) is 6.61 Å². The van der Waals surface area contributed by atoms with Crippen LogP contribution >= 0.6 is 11.6 Å². The molecule has 0 spiro atoms. The lowest BCUT2D eigenvalue weighted by molar-refractivity contribution is -0.142. The highest BCUT2D eigenvalue weighted by molar-refractivity contribution is 6.30. The molecule has 2 aromatic carbocycles. The molecule has 0 bridgehead atoms. The molecule has 32 heavy (non-hydrogen) atoms. The van der Waals surface area contributed by atoms with Crippen LogP contribution in [0.15, 0.2) is 48.5 Å². The van der Waals surface area contributed by atoms with Gasteiger partial charge in [-0.15, -0.1) is 0 Å². The third-order valence-electron chi connectivity index (χ3n) is 6.02. The van der Waals surface area contributed by atoms with E-state index in [4.69, 9.17) is 16.3 Å². The predicted octanol–water partition coefficient (Wildman–Crippen LogP) is 5.32. The smallest absolute Gasteiger partial charge is 0.261 e. The molecule has 6 heteroatoms. The first-order chi connectivity index (χ1) is 15.3. The van der Waals surface area contributed by atoms with Gasteiger partial charge < -0.3 is 15.0 Å². The number of carbonyl (C=O) groups is 2. The second-order valence-electron chi connectivity index (χ2n) is 8.83. The summed E-state index contributed by atoms with van der Waals surface area (Å²) in [6.45, 7) is 6.18. The summed E-state index contributed by atoms with van der Waals surface area (Å²) in [5.41, 5.74) is 2.08. The molecule has 1 fully saturated rings. The van der Waals surface area contributed by atoms with Gasteiger partial charge in [0.25, 0.3) is 5.91 Å². The van der Waals surface area contributed by atoms with Crippen molar-refractivity contribution in [3.8, 4) is 5.75 Å². The van der Waals surface area contributed by atoms with Crippen LogP contribution in [0, 0.1) is 0 Å². The SMILES string of the molecule is CC(C)c1ccc(OCC(=O)N(Cc2cccc(Cl)c2)C(C)C(=O)NC2CCCC2)cc1. The largest absolute Gasteiger partial charge is 0.484 e. The van der Waals surface area contributed by atoms with Gasteiger partial charge in [0, 0.05) is 17.6 Å². The van der Waals surface area contributed by atoms with Crippen molar-refractivity contribution in [1.29, 1.82) is 0 Å². The molecule has 2 amide bonds. The molecule has 0 aromatic heterocycles. The van der Waals surface area contributed by atoms with E-state index in [1.165, 1.54) is 5.56 Å². The van der Waals surface area contributed by atoms with E-state index in [0.29, 0.717) is 16.7 Å². The highest BCUT2D eigenvalue weighted by Gasteiger charge is 2.28. The second kappa shape index (κ2) is 11.4. The molecule has 1 aliphatic rings. The molecule has 2 aromatic rings. The monoisotopic (exact) mass is 456 g/mol. The van der Waals surface area contributed by atoms with Crippen LogP contribution in [0.2, 0.25) is 5.02 Å². The molecule has 3 rings (SSSR count). The number of halogens is 1. The quantitative estimate of drug-likeness (QED) is 0.555. The summed E-state index contributed by atoms with van der Waals surface area (Å²) in [6, 6.07) is 14.7. The van der Waals surface area contributed by atoms with E-state index in [1.54, 1.807) is 17.9 Å². The van der Waals surface area contributed by atoms with E-state index >= 15 is 0 Å². The van der Waals surface area contributed by atoms with Gasteiger partial charge in [-0.3, -0.25) is 9.59 Å². The normalized spacial score (nSPS) is 14.9. The minimum Gasteiger partial charge on any atom is -0.484 e. The molecule has 172 valence electrons. The number of amides is 2. The Morgan fingerprint density at radius 2 is 1.78 bits per heavy atom. The van der Waals surface area contributed by atoms with Crippen molar-refractivity contribution in [1.82, 2.24) is 10.2 Å². The fraction of sp³-hybridized carbons (Fsp3) is 0.462. The molecule has 1 unspecified atom stereocenters. The van der Waals surface area contributed by atoms with E-state index in [9.17, 15) is 9.59 Å². The van der Waals surface area contributed by atoms with E-state index in [0.717, 1.165) is 31.2 Å². The Bertz CT molecular complexity index is 908. The van der Waals surface area contributed by atoms with E-state index in [-0.39, 0.29) is 31.0 Å². The minimum atomic E-state index is -0.617. The Kier molecular flexibility index (Phi) is 8.57. The molecule has 0 saturated heterocycles.